The van der Waals surface area contributed by atoms with Gasteiger partial charge in [0.05, 0.1) is 26.3 Å². The zero-order valence-corrected chi connectivity index (χ0v) is 11.2. The lowest BCUT2D eigenvalue weighted by molar-refractivity contribution is 0.824. The van der Waals surface area contributed by atoms with Crippen molar-refractivity contribution in [1.82, 2.24) is 15.0 Å². The predicted octanol–water partition coefficient (Wildman–Crippen LogP) is 4.38. The van der Waals surface area contributed by atoms with Crippen LogP contribution >= 0.6 is 34.8 Å². The van der Waals surface area contributed by atoms with Crippen LogP contribution in [0.2, 0.25) is 15.1 Å². The van der Waals surface area contributed by atoms with E-state index in [1.54, 1.807) is 16.8 Å². The second-order valence-electron chi connectivity index (χ2n) is 3.68. The highest BCUT2D eigenvalue weighted by Gasteiger charge is 2.13. The molecule has 3 rings (SSSR count). The maximum Gasteiger partial charge on any atom is 0.113 e. The molecule has 2 aromatic carbocycles. The molecule has 0 fully saturated rings. The van der Waals surface area contributed by atoms with E-state index in [9.17, 15) is 0 Å². The molecule has 0 spiro atoms. The molecule has 0 aliphatic heterocycles. The summed E-state index contributed by atoms with van der Waals surface area (Å²) >= 11 is 18.1. The van der Waals surface area contributed by atoms with Crippen LogP contribution in [-0.4, -0.2) is 15.0 Å². The van der Waals surface area contributed by atoms with E-state index in [1.165, 1.54) is 0 Å². The van der Waals surface area contributed by atoms with Gasteiger partial charge in [-0.3, -0.25) is 0 Å². The minimum atomic E-state index is 0.315. The first-order valence-electron chi connectivity index (χ1n) is 5.13. The van der Waals surface area contributed by atoms with E-state index in [0.717, 1.165) is 11.0 Å². The number of para-hydroxylation sites is 1. The van der Waals surface area contributed by atoms with Crippen LogP contribution in [0.25, 0.3) is 16.7 Å². The highest BCUT2D eigenvalue weighted by Crippen LogP contribution is 2.35. The van der Waals surface area contributed by atoms with Gasteiger partial charge >= 0.3 is 0 Å². The summed E-state index contributed by atoms with van der Waals surface area (Å²) in [7, 11) is 0. The van der Waals surface area contributed by atoms with E-state index < -0.39 is 0 Å². The van der Waals surface area contributed by atoms with Gasteiger partial charge in [-0.15, -0.1) is 5.10 Å². The average Bonchev–Trinajstić information content (AvgIpc) is 2.80. The molecule has 0 saturated heterocycles. The van der Waals surface area contributed by atoms with Crippen molar-refractivity contribution < 1.29 is 0 Å². The maximum absolute atomic E-state index is 6.19. The number of benzene rings is 2. The predicted molar refractivity (Wildman–Crippen MR) is 73.9 cm³/mol. The van der Waals surface area contributed by atoms with Gasteiger partial charge in [0.15, 0.2) is 0 Å². The van der Waals surface area contributed by atoms with E-state index >= 15 is 0 Å². The molecule has 0 N–H and O–H groups in total. The minimum Gasteiger partial charge on any atom is -0.211 e. The molecule has 0 radical (unpaired) electrons. The van der Waals surface area contributed by atoms with Crippen molar-refractivity contribution in [3.63, 3.8) is 0 Å². The molecule has 1 aromatic heterocycles. The van der Waals surface area contributed by atoms with Crippen molar-refractivity contribution in [3.05, 3.63) is 51.5 Å². The van der Waals surface area contributed by atoms with Crippen molar-refractivity contribution in [1.29, 1.82) is 0 Å². The fourth-order valence-corrected chi connectivity index (χ4v) is 2.34. The van der Waals surface area contributed by atoms with Gasteiger partial charge in [-0.2, -0.15) is 0 Å². The number of hydrogen-bond acceptors (Lipinski definition) is 2. The number of fused-ring (bicyclic) bond motifs is 1. The van der Waals surface area contributed by atoms with Crippen LogP contribution in [-0.2, 0) is 0 Å². The third-order valence-corrected chi connectivity index (χ3v) is 3.88. The van der Waals surface area contributed by atoms with Gasteiger partial charge in [0, 0.05) is 0 Å². The van der Waals surface area contributed by atoms with Gasteiger partial charge < -0.3 is 0 Å². The van der Waals surface area contributed by atoms with Crippen molar-refractivity contribution in [2.45, 2.75) is 0 Å². The Labute approximate surface area is 118 Å². The van der Waals surface area contributed by atoms with Crippen LogP contribution < -0.4 is 0 Å². The summed E-state index contributed by atoms with van der Waals surface area (Å²) in [4.78, 5) is 0. The summed E-state index contributed by atoms with van der Waals surface area (Å²) < 4.78 is 1.64. The maximum atomic E-state index is 6.19. The molecule has 0 amide bonds. The summed E-state index contributed by atoms with van der Waals surface area (Å²) in [6.45, 7) is 0. The lowest BCUT2D eigenvalue weighted by Gasteiger charge is -2.07. The lowest BCUT2D eigenvalue weighted by atomic mass is 10.3. The van der Waals surface area contributed by atoms with Gasteiger partial charge in [-0.05, 0) is 24.3 Å². The van der Waals surface area contributed by atoms with Crippen LogP contribution in [0.4, 0.5) is 0 Å². The Morgan fingerprint density at radius 3 is 2.50 bits per heavy atom. The van der Waals surface area contributed by atoms with Crippen molar-refractivity contribution in [2.24, 2.45) is 0 Å². The molecule has 0 bridgehead atoms. The van der Waals surface area contributed by atoms with Gasteiger partial charge in [0.2, 0.25) is 0 Å². The van der Waals surface area contributed by atoms with Crippen molar-refractivity contribution in [2.75, 3.05) is 0 Å². The quantitative estimate of drug-likeness (QED) is 0.624. The normalized spacial score (nSPS) is 11.1. The van der Waals surface area contributed by atoms with Gasteiger partial charge in [-0.1, -0.05) is 52.1 Å². The molecule has 0 aliphatic carbocycles. The van der Waals surface area contributed by atoms with Crippen LogP contribution in [0.3, 0.4) is 0 Å². The lowest BCUT2D eigenvalue weighted by Crippen LogP contribution is -1.98. The second-order valence-corrected chi connectivity index (χ2v) is 4.85. The molecule has 0 unspecified atom stereocenters. The van der Waals surface area contributed by atoms with Gasteiger partial charge in [-0.25, -0.2) is 4.68 Å². The molecule has 3 nitrogen and oxygen atoms in total. The molecular formula is C12H6Cl3N3. The van der Waals surface area contributed by atoms with Crippen LogP contribution in [0.15, 0.2) is 36.4 Å². The van der Waals surface area contributed by atoms with E-state index in [4.69, 9.17) is 34.8 Å². The summed E-state index contributed by atoms with van der Waals surface area (Å²) in [5.74, 6) is 0. The molecule has 3 aromatic rings. The fourth-order valence-electron chi connectivity index (χ4n) is 1.73. The molecular weight excluding hydrogens is 293 g/mol. The first-order chi connectivity index (χ1) is 8.68. The summed E-state index contributed by atoms with van der Waals surface area (Å²) in [6, 6.07) is 11.0. The van der Waals surface area contributed by atoms with Crippen LogP contribution in [0.5, 0.6) is 0 Å². The van der Waals surface area contributed by atoms with E-state index in [0.29, 0.717) is 20.8 Å². The average molecular weight is 299 g/mol. The summed E-state index contributed by atoms with van der Waals surface area (Å²) in [5, 5.41) is 9.23. The Kier molecular flexibility index (Phi) is 2.90. The van der Waals surface area contributed by atoms with Crippen LogP contribution in [0, 0.1) is 0 Å². The standard InChI is InChI=1S/C12H6Cl3N3/c13-7-5-6-10(12(15)11(7)14)18-9-4-2-1-3-8(9)16-17-18/h1-6H. The molecule has 0 aliphatic rings. The largest absolute Gasteiger partial charge is 0.211 e. The van der Waals surface area contributed by atoms with Crippen molar-refractivity contribution >= 4 is 45.8 Å². The highest BCUT2D eigenvalue weighted by molar-refractivity contribution is 6.48. The molecule has 90 valence electrons. The summed E-state index contributed by atoms with van der Waals surface area (Å²) in [6.07, 6.45) is 0. The SMILES string of the molecule is Clc1ccc(-n2nnc3ccccc32)c(Cl)c1Cl. The molecule has 6 heteroatoms. The number of hydrogen-bond donors (Lipinski definition) is 0. The van der Waals surface area contributed by atoms with Crippen molar-refractivity contribution in [3.8, 4) is 5.69 Å². The first kappa shape index (κ1) is 11.8. The Hall–Kier alpha value is -1.29. The zero-order chi connectivity index (χ0) is 12.7. The summed E-state index contributed by atoms with van der Waals surface area (Å²) in [5.41, 5.74) is 2.30. The first-order valence-corrected chi connectivity index (χ1v) is 6.26. The third kappa shape index (κ3) is 1.75. The minimum absolute atomic E-state index is 0.315. The molecule has 1 heterocycles. The van der Waals surface area contributed by atoms with Crippen LogP contribution in [0.1, 0.15) is 0 Å². The number of nitrogens with zero attached hydrogens (tertiary/aromatic N) is 3. The molecule has 0 saturated carbocycles. The van der Waals surface area contributed by atoms with E-state index in [1.807, 2.05) is 24.3 Å². The number of halogens is 3. The number of rotatable bonds is 1. The molecule has 0 atom stereocenters. The van der Waals surface area contributed by atoms with E-state index in [-0.39, 0.29) is 0 Å². The second kappa shape index (κ2) is 4.43. The Bertz CT molecular complexity index is 737. The topological polar surface area (TPSA) is 30.7 Å². The Balaban J connectivity index is 2.30. The zero-order valence-electron chi connectivity index (χ0n) is 8.94. The van der Waals surface area contributed by atoms with Gasteiger partial charge in [0.1, 0.15) is 5.52 Å². The fraction of sp³-hybridized carbons (Fsp3) is 0. The van der Waals surface area contributed by atoms with Gasteiger partial charge in [0.25, 0.3) is 0 Å². The smallest absolute Gasteiger partial charge is 0.113 e. The molecule has 18 heavy (non-hydrogen) atoms. The Morgan fingerprint density at radius 2 is 1.67 bits per heavy atom. The highest BCUT2D eigenvalue weighted by atomic mass is 35.5. The monoisotopic (exact) mass is 297 g/mol. The Morgan fingerprint density at radius 1 is 0.889 bits per heavy atom. The number of aromatic nitrogens is 3. The third-order valence-electron chi connectivity index (χ3n) is 2.59. The van der Waals surface area contributed by atoms with E-state index in [2.05, 4.69) is 10.3 Å².